The quantitative estimate of drug-likeness (QED) is 0.250. The molecule has 0 aliphatic carbocycles. The first-order valence-corrected chi connectivity index (χ1v) is 15.6. The molecule has 1 N–H and O–H groups in total. The number of rotatable bonds is 9. The number of carbonyl (C=O) groups is 2. The Morgan fingerprint density at radius 2 is 1.44 bits per heavy atom. The molecule has 0 unspecified atom stereocenters. The third-order valence-corrected chi connectivity index (χ3v) is 9.03. The normalized spacial score (nSPS) is 16.9. The van der Waals surface area contributed by atoms with Crippen LogP contribution in [0.4, 0.5) is 8.78 Å². The van der Waals surface area contributed by atoms with Gasteiger partial charge in [-0.3, -0.25) is 19.4 Å². The van der Waals surface area contributed by atoms with Gasteiger partial charge in [-0.15, -0.1) is 0 Å². The van der Waals surface area contributed by atoms with Gasteiger partial charge in [-0.25, -0.2) is 8.78 Å². The molecule has 3 aromatic carbocycles. The predicted molar refractivity (Wildman–Crippen MR) is 166 cm³/mol. The fourth-order valence-electron chi connectivity index (χ4n) is 6.40. The van der Waals surface area contributed by atoms with Gasteiger partial charge in [0.1, 0.15) is 11.4 Å². The molecule has 0 atom stereocenters. The zero-order chi connectivity index (χ0) is 31.3. The summed E-state index contributed by atoms with van der Waals surface area (Å²) in [6.45, 7) is 4.55. The molecule has 1 amide bonds. The Bertz CT molecular complexity index is 1710. The van der Waals surface area contributed by atoms with Crippen LogP contribution < -0.4 is 5.32 Å². The van der Waals surface area contributed by atoms with Gasteiger partial charge < -0.3 is 9.73 Å². The number of carbonyl (C=O) groups excluding carboxylic acids is 2. The van der Waals surface area contributed by atoms with Crippen molar-refractivity contribution in [1.29, 1.82) is 5.26 Å². The first kappa shape index (κ1) is 30.6. The van der Waals surface area contributed by atoms with Crippen LogP contribution in [0.15, 0.2) is 71.1 Å². The van der Waals surface area contributed by atoms with Crippen molar-refractivity contribution in [3.05, 3.63) is 106 Å². The van der Waals surface area contributed by atoms with Crippen molar-refractivity contribution in [2.75, 3.05) is 26.2 Å². The van der Waals surface area contributed by atoms with E-state index in [-0.39, 0.29) is 29.4 Å². The third-order valence-electron chi connectivity index (χ3n) is 9.03. The molecule has 1 aromatic heterocycles. The minimum Gasteiger partial charge on any atom is -0.451 e. The molecule has 232 valence electrons. The van der Waals surface area contributed by atoms with Crippen molar-refractivity contribution in [1.82, 2.24) is 15.1 Å². The Balaban J connectivity index is 0.967. The van der Waals surface area contributed by atoms with E-state index in [0.717, 1.165) is 81.0 Å². The SMILES string of the molecule is N#Cc1ccc(CN2CCC(NC(=O)c3cc4cc(CC(=O)C5CCN(Cc6ccc(F)c(F)c6)CC5)ccc4o3)CC2)cc1. The molecule has 3 heterocycles. The number of nitriles is 1. The Morgan fingerprint density at radius 3 is 2.13 bits per heavy atom. The Morgan fingerprint density at radius 1 is 0.800 bits per heavy atom. The first-order valence-electron chi connectivity index (χ1n) is 15.6. The van der Waals surface area contributed by atoms with Gasteiger partial charge in [-0.2, -0.15) is 5.26 Å². The molecule has 0 bridgehead atoms. The van der Waals surface area contributed by atoms with Crippen molar-refractivity contribution in [2.24, 2.45) is 5.92 Å². The number of furan rings is 1. The second-order valence-electron chi connectivity index (χ2n) is 12.3. The number of nitrogens with zero attached hydrogens (tertiary/aromatic N) is 3. The van der Waals surface area contributed by atoms with Crippen LogP contribution in [0.3, 0.4) is 0 Å². The first-order chi connectivity index (χ1) is 21.8. The molecule has 2 aliphatic heterocycles. The maximum Gasteiger partial charge on any atom is 0.287 e. The van der Waals surface area contributed by atoms with Gasteiger partial charge in [0.05, 0.1) is 11.6 Å². The molecule has 0 spiro atoms. The molecular formula is C36H36F2N4O3. The number of likely N-dealkylation sites (tertiary alicyclic amines) is 2. The molecule has 2 aliphatic rings. The molecule has 7 nitrogen and oxygen atoms in total. The van der Waals surface area contributed by atoms with Gasteiger partial charge in [0, 0.05) is 49.9 Å². The average molecular weight is 611 g/mol. The van der Waals surface area contributed by atoms with Crippen LogP contribution in [0.5, 0.6) is 0 Å². The van der Waals surface area contributed by atoms with E-state index in [2.05, 4.69) is 21.2 Å². The number of nitrogens with one attached hydrogen (secondary N) is 1. The van der Waals surface area contributed by atoms with Crippen molar-refractivity contribution < 1.29 is 22.8 Å². The Hall–Kier alpha value is -4.39. The van der Waals surface area contributed by atoms with E-state index >= 15 is 0 Å². The number of amides is 1. The number of fused-ring (bicyclic) bond motifs is 1. The molecule has 0 radical (unpaired) electrons. The van der Waals surface area contributed by atoms with Crippen LogP contribution in [0, 0.1) is 28.9 Å². The Kier molecular flexibility index (Phi) is 9.34. The average Bonchev–Trinajstić information content (AvgIpc) is 3.48. The summed E-state index contributed by atoms with van der Waals surface area (Å²) in [4.78, 5) is 30.7. The van der Waals surface area contributed by atoms with Crippen LogP contribution in [0.25, 0.3) is 11.0 Å². The van der Waals surface area contributed by atoms with Crippen LogP contribution in [-0.2, 0) is 24.3 Å². The highest BCUT2D eigenvalue weighted by atomic mass is 19.2. The number of hydrogen-bond donors (Lipinski definition) is 1. The number of benzene rings is 3. The van der Waals surface area contributed by atoms with Gasteiger partial charge in [-0.1, -0.05) is 24.3 Å². The summed E-state index contributed by atoms with van der Waals surface area (Å²) in [6, 6.07) is 21.2. The molecule has 2 fully saturated rings. The molecule has 4 aromatic rings. The lowest BCUT2D eigenvalue weighted by Crippen LogP contribution is -2.44. The lowest BCUT2D eigenvalue weighted by atomic mass is 9.89. The monoisotopic (exact) mass is 610 g/mol. The largest absolute Gasteiger partial charge is 0.451 e. The second kappa shape index (κ2) is 13.7. The van der Waals surface area contributed by atoms with E-state index in [0.29, 0.717) is 24.1 Å². The summed E-state index contributed by atoms with van der Waals surface area (Å²) in [5, 5.41) is 12.9. The van der Waals surface area contributed by atoms with E-state index in [9.17, 15) is 18.4 Å². The fraction of sp³-hybridized carbons (Fsp3) is 0.361. The van der Waals surface area contributed by atoms with Crippen LogP contribution in [-0.4, -0.2) is 53.7 Å². The van der Waals surface area contributed by atoms with E-state index in [4.69, 9.17) is 9.68 Å². The standard InChI is InChI=1S/C36H36F2N4O3/c37-31-7-5-27(18-32(31)38)23-41-13-9-28(10-14-41)33(43)19-26-6-8-34-29(17-26)20-35(45-34)36(44)40-30-11-15-42(16-12-30)22-25-3-1-24(21-39)2-4-25/h1-8,17-18,20,28,30H,9-16,19,22-23H2,(H,40,44). The summed E-state index contributed by atoms with van der Waals surface area (Å²) >= 11 is 0. The minimum atomic E-state index is -0.846. The summed E-state index contributed by atoms with van der Waals surface area (Å²) in [5.41, 5.74) is 4.05. The maximum atomic E-state index is 13.6. The van der Waals surface area contributed by atoms with Crippen molar-refractivity contribution in [3.8, 4) is 6.07 Å². The lowest BCUT2D eigenvalue weighted by Gasteiger charge is -2.32. The lowest BCUT2D eigenvalue weighted by molar-refractivity contribution is -0.123. The summed E-state index contributed by atoms with van der Waals surface area (Å²) in [6.07, 6.45) is 3.47. The summed E-state index contributed by atoms with van der Waals surface area (Å²) < 4.78 is 32.6. The third kappa shape index (κ3) is 7.64. The zero-order valence-electron chi connectivity index (χ0n) is 25.1. The van der Waals surface area contributed by atoms with E-state index in [1.807, 2.05) is 42.5 Å². The number of piperidine rings is 2. The number of Topliss-reactive ketones (excluding diaryl/α,β-unsaturated/α-hetero) is 1. The van der Waals surface area contributed by atoms with Gasteiger partial charge in [0.25, 0.3) is 5.91 Å². The van der Waals surface area contributed by atoms with E-state index in [1.54, 1.807) is 12.1 Å². The Labute approximate surface area is 261 Å². The highest BCUT2D eigenvalue weighted by molar-refractivity contribution is 5.96. The molecule has 2 saturated heterocycles. The minimum absolute atomic E-state index is 0.0388. The zero-order valence-corrected chi connectivity index (χ0v) is 25.1. The van der Waals surface area contributed by atoms with Gasteiger partial charge in [-0.05, 0) is 97.9 Å². The highest BCUT2D eigenvalue weighted by Gasteiger charge is 2.26. The van der Waals surface area contributed by atoms with Gasteiger partial charge >= 0.3 is 0 Å². The predicted octanol–water partition coefficient (Wildman–Crippen LogP) is 6.00. The van der Waals surface area contributed by atoms with E-state index in [1.165, 1.54) is 11.6 Å². The maximum absolute atomic E-state index is 13.6. The van der Waals surface area contributed by atoms with Gasteiger partial charge in [0.2, 0.25) is 0 Å². The summed E-state index contributed by atoms with van der Waals surface area (Å²) in [5.74, 6) is -1.50. The molecule has 45 heavy (non-hydrogen) atoms. The van der Waals surface area contributed by atoms with E-state index < -0.39 is 11.6 Å². The topological polar surface area (TPSA) is 89.6 Å². The molecule has 6 rings (SSSR count). The molecular weight excluding hydrogens is 574 g/mol. The van der Waals surface area contributed by atoms with Crippen LogP contribution in [0.1, 0.15) is 58.5 Å². The van der Waals surface area contributed by atoms with Crippen molar-refractivity contribution >= 4 is 22.7 Å². The fourth-order valence-corrected chi connectivity index (χ4v) is 6.40. The van der Waals surface area contributed by atoms with Crippen LogP contribution in [0.2, 0.25) is 0 Å². The molecule has 0 saturated carbocycles. The van der Waals surface area contributed by atoms with Crippen molar-refractivity contribution in [2.45, 2.75) is 51.2 Å². The highest BCUT2D eigenvalue weighted by Crippen LogP contribution is 2.25. The molecule has 9 heteroatoms. The summed E-state index contributed by atoms with van der Waals surface area (Å²) in [7, 11) is 0. The van der Waals surface area contributed by atoms with Crippen molar-refractivity contribution in [3.63, 3.8) is 0 Å². The number of hydrogen-bond acceptors (Lipinski definition) is 6. The van der Waals surface area contributed by atoms with Crippen LogP contribution >= 0.6 is 0 Å². The smallest absolute Gasteiger partial charge is 0.287 e. The second-order valence-corrected chi connectivity index (χ2v) is 12.3. The number of ketones is 1. The number of halogens is 2. The van der Waals surface area contributed by atoms with Gasteiger partial charge in [0.15, 0.2) is 17.4 Å².